The highest BCUT2D eigenvalue weighted by molar-refractivity contribution is 5.98. The number of nitrogens with zero attached hydrogens (tertiary/aromatic N) is 3. The molecule has 1 aliphatic carbocycles. The molecule has 2 amide bonds. The highest BCUT2D eigenvalue weighted by Crippen LogP contribution is 2.35. The van der Waals surface area contributed by atoms with E-state index in [-0.39, 0.29) is 35.9 Å². The van der Waals surface area contributed by atoms with Crippen molar-refractivity contribution in [2.75, 3.05) is 6.54 Å². The van der Waals surface area contributed by atoms with Crippen LogP contribution in [0.2, 0.25) is 0 Å². The van der Waals surface area contributed by atoms with Crippen molar-refractivity contribution in [3.63, 3.8) is 0 Å². The van der Waals surface area contributed by atoms with Gasteiger partial charge in [-0.15, -0.1) is 0 Å². The smallest absolute Gasteiger partial charge is 0.387 e. The minimum Gasteiger partial charge on any atom is -0.481 e. The highest BCUT2D eigenvalue weighted by atomic mass is 19.3. The van der Waals surface area contributed by atoms with E-state index in [1.807, 2.05) is 0 Å². The molecule has 1 aliphatic rings. The lowest BCUT2D eigenvalue weighted by Crippen LogP contribution is -2.33. The maximum atomic E-state index is 14.3. The van der Waals surface area contributed by atoms with E-state index in [9.17, 15) is 32.7 Å². The van der Waals surface area contributed by atoms with Crippen LogP contribution < -0.4 is 15.4 Å². The fourth-order valence-corrected chi connectivity index (χ4v) is 3.97. The van der Waals surface area contributed by atoms with Crippen LogP contribution >= 0.6 is 0 Å². The Balaban J connectivity index is 1.48. The molecule has 0 saturated heterocycles. The van der Waals surface area contributed by atoms with Gasteiger partial charge in [0.25, 0.3) is 11.8 Å². The summed E-state index contributed by atoms with van der Waals surface area (Å²) in [6.07, 6.45) is 3.90. The predicted octanol–water partition coefficient (Wildman–Crippen LogP) is 3.33. The number of aromatic nitrogens is 3. The van der Waals surface area contributed by atoms with Gasteiger partial charge in [0.05, 0.1) is 11.6 Å². The largest absolute Gasteiger partial charge is 0.481 e. The Hall–Kier alpha value is -4.42. The number of allylic oxidation sites excluding steroid dienone is 1. The molecular formula is C25H24F3N5O5. The summed E-state index contributed by atoms with van der Waals surface area (Å²) >= 11 is 0. The van der Waals surface area contributed by atoms with Crippen LogP contribution in [0.1, 0.15) is 52.7 Å². The third kappa shape index (κ3) is 5.93. The van der Waals surface area contributed by atoms with Crippen molar-refractivity contribution in [3.8, 4) is 5.75 Å². The number of carboxylic acids is 1. The summed E-state index contributed by atoms with van der Waals surface area (Å²) < 4.78 is 44.5. The number of aliphatic carboxylic acids is 1. The second-order valence-electron chi connectivity index (χ2n) is 9.08. The molecule has 10 nitrogen and oxygen atoms in total. The molecule has 1 aromatic carbocycles. The van der Waals surface area contributed by atoms with E-state index in [2.05, 4.69) is 25.5 Å². The quantitative estimate of drug-likeness (QED) is 0.361. The third-order valence-electron chi connectivity index (χ3n) is 6.30. The lowest BCUT2D eigenvalue weighted by atomic mass is 9.76. The molecule has 2 heterocycles. The van der Waals surface area contributed by atoms with Gasteiger partial charge >= 0.3 is 12.6 Å². The molecule has 0 bridgehead atoms. The molecule has 2 aromatic heterocycles. The van der Waals surface area contributed by atoms with Gasteiger partial charge in [-0.1, -0.05) is 23.8 Å². The summed E-state index contributed by atoms with van der Waals surface area (Å²) in [6.45, 7) is -1.26. The minimum atomic E-state index is -3.00. The minimum absolute atomic E-state index is 0.0706. The average molecular weight is 531 g/mol. The number of fused-ring (bicyclic) bond motifs is 1. The zero-order valence-electron chi connectivity index (χ0n) is 20.2. The Kier molecular flexibility index (Phi) is 7.65. The standard InChI is InChI=1S/C25H24F3N5O5/c1-25(23(36)37)7-5-14(6-8-25)11-30-22(35)19-10-18(32-20-17(26)13-31-33(19)20)21(34)29-12-15-3-2-4-16(9-15)38-24(27)28/h2-5,9-10,13,24H,6-8,11-12H2,1H3,(H,29,34)(H,30,35)(H,36,37). The first-order chi connectivity index (χ1) is 18.1. The average Bonchev–Trinajstić information content (AvgIpc) is 3.26. The number of benzene rings is 1. The van der Waals surface area contributed by atoms with Crippen molar-refractivity contribution < 1.29 is 37.4 Å². The van der Waals surface area contributed by atoms with Gasteiger partial charge in [-0.25, -0.2) is 13.9 Å². The van der Waals surface area contributed by atoms with E-state index in [1.54, 1.807) is 19.1 Å². The fourth-order valence-electron chi connectivity index (χ4n) is 3.97. The molecule has 13 heteroatoms. The Bertz CT molecular complexity index is 1420. The molecule has 1 atom stereocenters. The molecule has 0 fully saturated rings. The van der Waals surface area contributed by atoms with Gasteiger partial charge < -0.3 is 20.5 Å². The number of nitrogens with one attached hydrogen (secondary N) is 2. The van der Waals surface area contributed by atoms with Gasteiger partial charge in [0.1, 0.15) is 17.1 Å². The van der Waals surface area contributed by atoms with Gasteiger partial charge in [0.2, 0.25) is 0 Å². The van der Waals surface area contributed by atoms with Crippen molar-refractivity contribution in [2.24, 2.45) is 5.41 Å². The van der Waals surface area contributed by atoms with Crippen LogP contribution in [0.3, 0.4) is 0 Å². The molecule has 0 saturated carbocycles. The summed E-state index contributed by atoms with van der Waals surface area (Å²) in [6, 6.07) is 6.91. The maximum Gasteiger partial charge on any atom is 0.387 e. The normalized spacial score (nSPS) is 17.2. The monoisotopic (exact) mass is 531 g/mol. The van der Waals surface area contributed by atoms with Crippen LogP contribution in [0.4, 0.5) is 13.2 Å². The van der Waals surface area contributed by atoms with E-state index < -0.39 is 35.6 Å². The van der Waals surface area contributed by atoms with Crippen molar-refractivity contribution >= 4 is 23.4 Å². The number of hydrogen-bond donors (Lipinski definition) is 3. The number of carboxylic acid groups (broad SMARTS) is 1. The number of ether oxygens (including phenoxy) is 1. The Morgan fingerprint density at radius 1 is 1.18 bits per heavy atom. The van der Waals surface area contributed by atoms with E-state index in [1.165, 1.54) is 18.2 Å². The Morgan fingerprint density at radius 2 is 1.95 bits per heavy atom. The number of amides is 2. The first-order valence-electron chi connectivity index (χ1n) is 11.6. The lowest BCUT2D eigenvalue weighted by molar-refractivity contribution is -0.148. The highest BCUT2D eigenvalue weighted by Gasteiger charge is 2.34. The van der Waals surface area contributed by atoms with E-state index >= 15 is 0 Å². The first kappa shape index (κ1) is 26.6. The lowest BCUT2D eigenvalue weighted by Gasteiger charge is -2.28. The second kappa shape index (κ2) is 10.9. The van der Waals surface area contributed by atoms with Crippen LogP contribution in [0.5, 0.6) is 5.75 Å². The summed E-state index contributed by atoms with van der Waals surface area (Å²) in [7, 11) is 0. The van der Waals surface area contributed by atoms with Crippen LogP contribution in [0.15, 0.2) is 48.2 Å². The number of carbonyl (C=O) groups is 3. The number of carbonyl (C=O) groups excluding carboxylic acids is 2. The molecule has 3 aromatic rings. The molecular weight excluding hydrogens is 507 g/mol. The fraction of sp³-hybridized carbons (Fsp3) is 0.320. The molecule has 4 rings (SSSR count). The van der Waals surface area contributed by atoms with Crippen molar-refractivity contribution in [3.05, 3.63) is 70.9 Å². The van der Waals surface area contributed by atoms with E-state index in [0.717, 1.165) is 22.4 Å². The van der Waals surface area contributed by atoms with E-state index in [0.29, 0.717) is 24.8 Å². The van der Waals surface area contributed by atoms with Gasteiger partial charge in [-0.05, 0) is 43.9 Å². The van der Waals surface area contributed by atoms with E-state index in [4.69, 9.17) is 0 Å². The van der Waals surface area contributed by atoms with Crippen LogP contribution in [0, 0.1) is 11.2 Å². The molecule has 0 aliphatic heterocycles. The number of hydrogen-bond acceptors (Lipinski definition) is 6. The molecule has 0 spiro atoms. The van der Waals surface area contributed by atoms with Gasteiger partial charge in [0.15, 0.2) is 11.5 Å². The Labute approximate surface area is 214 Å². The second-order valence-corrected chi connectivity index (χ2v) is 9.08. The van der Waals surface area contributed by atoms with Crippen LogP contribution in [0.25, 0.3) is 5.65 Å². The summed E-state index contributed by atoms with van der Waals surface area (Å²) in [5.74, 6) is -3.17. The maximum absolute atomic E-state index is 14.3. The SMILES string of the molecule is CC1(C(=O)O)CC=C(CNC(=O)c2cc(C(=O)NCc3cccc(OC(F)F)c3)nc3c(F)cnn23)CC1. The zero-order valence-corrected chi connectivity index (χ0v) is 20.2. The van der Waals surface area contributed by atoms with Crippen LogP contribution in [-0.2, 0) is 11.3 Å². The molecule has 1 unspecified atom stereocenters. The molecule has 0 radical (unpaired) electrons. The summed E-state index contributed by atoms with van der Waals surface area (Å²) in [4.78, 5) is 41.2. The number of halogens is 3. The van der Waals surface area contributed by atoms with Crippen molar-refractivity contribution in [1.82, 2.24) is 25.2 Å². The summed E-state index contributed by atoms with van der Waals surface area (Å²) in [5.41, 5.74) is -0.254. The molecule has 200 valence electrons. The summed E-state index contributed by atoms with van der Waals surface area (Å²) in [5, 5.41) is 18.4. The first-order valence-corrected chi connectivity index (χ1v) is 11.6. The van der Waals surface area contributed by atoms with Crippen molar-refractivity contribution in [2.45, 2.75) is 39.3 Å². The topological polar surface area (TPSA) is 135 Å². The Morgan fingerprint density at radius 3 is 2.63 bits per heavy atom. The van der Waals surface area contributed by atoms with Crippen molar-refractivity contribution in [1.29, 1.82) is 0 Å². The number of alkyl halides is 2. The predicted molar refractivity (Wildman–Crippen MR) is 127 cm³/mol. The molecule has 38 heavy (non-hydrogen) atoms. The van der Waals surface area contributed by atoms with Gasteiger partial charge in [0, 0.05) is 19.2 Å². The third-order valence-corrected chi connectivity index (χ3v) is 6.30. The van der Waals surface area contributed by atoms with Crippen LogP contribution in [-0.4, -0.2) is 50.6 Å². The zero-order chi connectivity index (χ0) is 27.4. The van der Waals surface area contributed by atoms with Gasteiger partial charge in [-0.2, -0.15) is 13.9 Å². The van der Waals surface area contributed by atoms with Gasteiger partial charge in [-0.3, -0.25) is 14.4 Å². The molecule has 3 N–H and O–H groups in total. The number of rotatable bonds is 9.